The number of carboxylic acid groups (broad SMARTS) is 1. The summed E-state index contributed by atoms with van der Waals surface area (Å²) in [5, 5.41) is 9.32. The Labute approximate surface area is 140 Å². The Morgan fingerprint density at radius 2 is 1.92 bits per heavy atom. The Bertz CT molecular complexity index is 761. The van der Waals surface area contributed by atoms with Crippen molar-refractivity contribution in [3.05, 3.63) is 29.8 Å². The zero-order chi connectivity index (χ0) is 17.3. The number of nitrogens with zero attached hydrogens (tertiary/aromatic N) is 2. The summed E-state index contributed by atoms with van der Waals surface area (Å²) in [6, 6.07) is 5.62. The molecule has 1 atom stereocenters. The molecule has 2 heterocycles. The number of carboxylic acids is 1. The van der Waals surface area contributed by atoms with E-state index < -0.39 is 22.0 Å². The Kier molecular flexibility index (Phi) is 4.49. The first-order valence-electron chi connectivity index (χ1n) is 8.04. The zero-order valence-electron chi connectivity index (χ0n) is 13.2. The van der Waals surface area contributed by atoms with E-state index in [0.29, 0.717) is 37.2 Å². The van der Waals surface area contributed by atoms with Crippen LogP contribution in [-0.4, -0.2) is 55.2 Å². The Morgan fingerprint density at radius 1 is 1.12 bits per heavy atom. The molecule has 2 fully saturated rings. The third-order valence-electron chi connectivity index (χ3n) is 4.53. The van der Waals surface area contributed by atoms with Gasteiger partial charge in [0.05, 0.1) is 11.4 Å². The highest BCUT2D eigenvalue weighted by molar-refractivity contribution is 7.93. The van der Waals surface area contributed by atoms with E-state index in [9.17, 15) is 23.1 Å². The molecule has 2 aliphatic rings. The molecule has 24 heavy (non-hydrogen) atoms. The first-order chi connectivity index (χ1) is 11.4. The van der Waals surface area contributed by atoms with Gasteiger partial charge in [-0.1, -0.05) is 6.07 Å². The molecule has 0 saturated carbocycles. The topological polar surface area (TPSA) is 95.0 Å². The van der Waals surface area contributed by atoms with E-state index >= 15 is 0 Å². The maximum Gasteiger partial charge on any atom is 0.326 e. The van der Waals surface area contributed by atoms with Gasteiger partial charge in [-0.05, 0) is 43.9 Å². The summed E-state index contributed by atoms with van der Waals surface area (Å²) in [7, 11) is -3.32. The van der Waals surface area contributed by atoms with E-state index in [-0.39, 0.29) is 11.7 Å². The van der Waals surface area contributed by atoms with Gasteiger partial charge in [0.15, 0.2) is 0 Å². The van der Waals surface area contributed by atoms with Gasteiger partial charge in [-0.2, -0.15) is 0 Å². The molecule has 0 aliphatic carbocycles. The second-order valence-corrected chi connectivity index (χ2v) is 8.15. The van der Waals surface area contributed by atoms with Crippen molar-refractivity contribution in [2.24, 2.45) is 0 Å². The second kappa shape index (κ2) is 6.43. The van der Waals surface area contributed by atoms with Crippen LogP contribution in [0.2, 0.25) is 0 Å². The summed E-state index contributed by atoms with van der Waals surface area (Å²) >= 11 is 0. The fourth-order valence-corrected chi connectivity index (χ4v) is 4.88. The van der Waals surface area contributed by atoms with Gasteiger partial charge in [0.1, 0.15) is 6.04 Å². The van der Waals surface area contributed by atoms with Gasteiger partial charge in [0, 0.05) is 18.7 Å². The van der Waals surface area contributed by atoms with E-state index in [4.69, 9.17) is 0 Å². The van der Waals surface area contributed by atoms with Crippen LogP contribution in [0.15, 0.2) is 24.3 Å². The van der Waals surface area contributed by atoms with Crippen LogP contribution in [0.5, 0.6) is 0 Å². The molecule has 1 N–H and O–H groups in total. The molecular formula is C16H20N2O5S. The minimum atomic E-state index is -3.32. The van der Waals surface area contributed by atoms with Crippen molar-refractivity contribution in [3.8, 4) is 0 Å². The van der Waals surface area contributed by atoms with Crippen molar-refractivity contribution in [1.82, 2.24) is 4.90 Å². The predicted octanol–water partition coefficient (Wildman–Crippen LogP) is 1.31. The van der Waals surface area contributed by atoms with Crippen molar-refractivity contribution >= 4 is 27.6 Å². The Morgan fingerprint density at radius 3 is 2.58 bits per heavy atom. The first-order valence-corrected chi connectivity index (χ1v) is 9.65. The largest absolute Gasteiger partial charge is 0.480 e. The highest BCUT2D eigenvalue weighted by Crippen LogP contribution is 2.26. The molecule has 2 aliphatic heterocycles. The van der Waals surface area contributed by atoms with Gasteiger partial charge < -0.3 is 10.0 Å². The third-order valence-corrected chi connectivity index (χ3v) is 6.40. The number of sulfonamides is 1. The van der Waals surface area contributed by atoms with E-state index in [1.807, 2.05) is 0 Å². The maximum atomic E-state index is 12.7. The van der Waals surface area contributed by atoms with Crippen molar-refractivity contribution < 1.29 is 23.1 Å². The highest BCUT2D eigenvalue weighted by atomic mass is 32.2. The minimum absolute atomic E-state index is 0.110. The summed E-state index contributed by atoms with van der Waals surface area (Å²) in [5.41, 5.74) is 0.782. The maximum absolute atomic E-state index is 12.7. The van der Waals surface area contributed by atoms with Crippen LogP contribution in [0.4, 0.5) is 5.69 Å². The SMILES string of the molecule is O=C(O)[C@H]1CCCCN1C(=O)c1cccc(N2CCCS2(=O)=O)c1. The molecule has 0 unspecified atom stereocenters. The molecule has 3 rings (SSSR count). The van der Waals surface area contributed by atoms with Crippen LogP contribution < -0.4 is 4.31 Å². The average molecular weight is 352 g/mol. The number of hydrogen-bond donors (Lipinski definition) is 1. The van der Waals surface area contributed by atoms with Gasteiger partial charge in [-0.3, -0.25) is 9.10 Å². The molecule has 0 spiro atoms. The van der Waals surface area contributed by atoms with E-state index in [1.54, 1.807) is 24.3 Å². The monoisotopic (exact) mass is 352 g/mol. The number of benzene rings is 1. The lowest BCUT2D eigenvalue weighted by Crippen LogP contribution is -2.48. The molecule has 1 aromatic carbocycles. The van der Waals surface area contributed by atoms with Gasteiger partial charge in [0.2, 0.25) is 10.0 Å². The molecule has 1 amide bonds. The van der Waals surface area contributed by atoms with Crippen molar-refractivity contribution in [2.45, 2.75) is 31.7 Å². The number of carbonyl (C=O) groups excluding carboxylic acids is 1. The molecule has 0 aromatic heterocycles. The van der Waals surface area contributed by atoms with E-state index in [1.165, 1.54) is 9.21 Å². The van der Waals surface area contributed by atoms with Crippen LogP contribution in [0.25, 0.3) is 0 Å². The number of piperidine rings is 1. The number of hydrogen-bond acceptors (Lipinski definition) is 4. The van der Waals surface area contributed by atoms with Crippen molar-refractivity contribution in [1.29, 1.82) is 0 Å². The number of aliphatic carboxylic acids is 1. The molecule has 1 aromatic rings. The number of amides is 1. The third kappa shape index (κ3) is 3.10. The lowest BCUT2D eigenvalue weighted by Gasteiger charge is -2.33. The molecule has 2 saturated heterocycles. The number of anilines is 1. The second-order valence-electron chi connectivity index (χ2n) is 6.14. The molecular weight excluding hydrogens is 332 g/mol. The molecule has 8 heteroatoms. The smallest absolute Gasteiger partial charge is 0.326 e. The van der Waals surface area contributed by atoms with Gasteiger partial charge in [0.25, 0.3) is 5.91 Å². The molecule has 130 valence electrons. The Balaban J connectivity index is 1.88. The fourth-order valence-electron chi connectivity index (χ4n) is 3.32. The molecule has 7 nitrogen and oxygen atoms in total. The van der Waals surface area contributed by atoms with E-state index in [2.05, 4.69) is 0 Å². The van der Waals surface area contributed by atoms with Crippen LogP contribution >= 0.6 is 0 Å². The van der Waals surface area contributed by atoms with Crippen LogP contribution in [0, 0.1) is 0 Å². The summed E-state index contributed by atoms with van der Waals surface area (Å²) in [5.74, 6) is -1.25. The lowest BCUT2D eigenvalue weighted by atomic mass is 10.0. The first kappa shape index (κ1) is 16.8. The van der Waals surface area contributed by atoms with Crippen LogP contribution in [0.3, 0.4) is 0 Å². The van der Waals surface area contributed by atoms with E-state index in [0.717, 1.165) is 12.8 Å². The molecule has 0 bridgehead atoms. The van der Waals surface area contributed by atoms with Crippen molar-refractivity contribution in [3.63, 3.8) is 0 Å². The Hall–Kier alpha value is -2.09. The zero-order valence-corrected chi connectivity index (χ0v) is 14.0. The lowest BCUT2D eigenvalue weighted by molar-refractivity contribution is -0.143. The molecule has 0 radical (unpaired) electrons. The van der Waals surface area contributed by atoms with Crippen molar-refractivity contribution in [2.75, 3.05) is 23.1 Å². The normalized spacial score (nSPS) is 23.2. The fraction of sp³-hybridized carbons (Fsp3) is 0.500. The number of likely N-dealkylation sites (tertiary alicyclic amines) is 1. The van der Waals surface area contributed by atoms with Gasteiger partial charge in [-0.15, -0.1) is 0 Å². The summed E-state index contributed by atoms with van der Waals surface area (Å²) in [6.45, 7) is 0.809. The number of rotatable bonds is 3. The van der Waals surface area contributed by atoms with Crippen LogP contribution in [0.1, 0.15) is 36.0 Å². The predicted molar refractivity (Wildman–Crippen MR) is 88.5 cm³/mol. The number of carbonyl (C=O) groups is 2. The highest BCUT2D eigenvalue weighted by Gasteiger charge is 2.33. The average Bonchev–Trinajstić information content (AvgIpc) is 2.93. The standard InChI is InChI=1S/C16H20N2O5S/c19-15(17-8-2-1-7-14(17)16(20)21)12-5-3-6-13(11-12)18-9-4-10-24(18,22)23/h3,5-6,11,14H,1-2,4,7-10H2,(H,20,21)/t14-/m1/s1. The quantitative estimate of drug-likeness (QED) is 0.885. The summed E-state index contributed by atoms with van der Waals surface area (Å²) in [4.78, 5) is 25.5. The van der Waals surface area contributed by atoms with Gasteiger partial charge >= 0.3 is 5.97 Å². The van der Waals surface area contributed by atoms with Crippen LogP contribution in [-0.2, 0) is 14.8 Å². The minimum Gasteiger partial charge on any atom is -0.480 e. The van der Waals surface area contributed by atoms with Gasteiger partial charge in [-0.25, -0.2) is 13.2 Å². The summed E-state index contributed by atoms with van der Waals surface area (Å²) < 4.78 is 25.4. The summed E-state index contributed by atoms with van der Waals surface area (Å²) in [6.07, 6.45) is 2.57.